The zero-order valence-electron chi connectivity index (χ0n) is 12.1. The first-order valence-corrected chi connectivity index (χ1v) is 8.77. The van der Waals surface area contributed by atoms with Gasteiger partial charge in [-0.2, -0.15) is 0 Å². The molecule has 114 valence electrons. The Morgan fingerprint density at radius 3 is 2.95 bits per heavy atom. The number of nitrogens with zero attached hydrogens (tertiary/aromatic N) is 1. The summed E-state index contributed by atoms with van der Waals surface area (Å²) in [6.07, 6.45) is 5.65. The van der Waals surface area contributed by atoms with Crippen molar-refractivity contribution >= 4 is 10.0 Å². The van der Waals surface area contributed by atoms with Crippen LogP contribution in [0.5, 0.6) is 0 Å². The lowest BCUT2D eigenvalue weighted by molar-refractivity contribution is 0.391. The quantitative estimate of drug-likeness (QED) is 0.831. The first-order chi connectivity index (χ1) is 9.46. The molecule has 0 radical (unpaired) electrons. The number of oxazole rings is 1. The van der Waals surface area contributed by atoms with Gasteiger partial charge >= 0.3 is 0 Å². The highest BCUT2D eigenvalue weighted by Crippen LogP contribution is 2.15. The number of nitrogens with one attached hydrogen (secondary N) is 2. The van der Waals surface area contributed by atoms with Gasteiger partial charge in [0.2, 0.25) is 15.9 Å². The minimum absolute atomic E-state index is 0.134. The Hall–Kier alpha value is -0.920. The number of hydrogen-bond acceptors (Lipinski definition) is 5. The predicted molar refractivity (Wildman–Crippen MR) is 76.8 cm³/mol. The molecule has 0 aliphatic carbocycles. The second kappa shape index (κ2) is 6.69. The van der Waals surface area contributed by atoms with Crippen LogP contribution in [0.1, 0.15) is 50.3 Å². The molecule has 0 aromatic carbocycles. The normalized spacial score (nSPS) is 21.8. The molecular formula is C13H23N3O3S. The van der Waals surface area contributed by atoms with Crippen molar-refractivity contribution in [2.75, 3.05) is 12.3 Å². The van der Waals surface area contributed by atoms with E-state index < -0.39 is 16.1 Å². The highest BCUT2D eigenvalue weighted by atomic mass is 32.2. The van der Waals surface area contributed by atoms with Crippen LogP contribution in [0.3, 0.4) is 0 Å². The van der Waals surface area contributed by atoms with Crippen molar-refractivity contribution in [3.8, 4) is 0 Å². The number of sulfonamides is 1. The van der Waals surface area contributed by atoms with Gasteiger partial charge in [-0.15, -0.1) is 0 Å². The third-order valence-corrected chi connectivity index (χ3v) is 5.00. The van der Waals surface area contributed by atoms with Crippen LogP contribution in [0.15, 0.2) is 10.6 Å². The van der Waals surface area contributed by atoms with Gasteiger partial charge in [0.05, 0.1) is 18.0 Å². The standard InChI is InChI=1S/C13H23N3O3S/c1-10-9-15-13(19-10)11(2)16-20(17,18)8-6-12-5-3-4-7-14-12/h9,11-12,14,16H,3-8H2,1-2H3. The Labute approximate surface area is 120 Å². The molecule has 1 aromatic rings. The third-order valence-electron chi connectivity index (χ3n) is 3.51. The fourth-order valence-electron chi connectivity index (χ4n) is 2.42. The number of rotatable bonds is 6. The molecule has 20 heavy (non-hydrogen) atoms. The largest absolute Gasteiger partial charge is 0.444 e. The molecule has 0 saturated carbocycles. The number of aromatic nitrogens is 1. The van der Waals surface area contributed by atoms with Gasteiger partial charge < -0.3 is 9.73 Å². The second-order valence-electron chi connectivity index (χ2n) is 5.40. The van der Waals surface area contributed by atoms with Crippen molar-refractivity contribution in [2.24, 2.45) is 0 Å². The van der Waals surface area contributed by atoms with E-state index in [9.17, 15) is 8.42 Å². The summed E-state index contributed by atoms with van der Waals surface area (Å²) in [7, 11) is -3.31. The van der Waals surface area contributed by atoms with Crippen LogP contribution in [-0.2, 0) is 10.0 Å². The molecule has 0 amide bonds. The van der Waals surface area contributed by atoms with Gasteiger partial charge in [0.15, 0.2) is 0 Å². The van der Waals surface area contributed by atoms with E-state index in [0.29, 0.717) is 24.1 Å². The van der Waals surface area contributed by atoms with Crippen LogP contribution in [0, 0.1) is 6.92 Å². The molecule has 2 rings (SSSR count). The summed E-state index contributed by atoms with van der Waals surface area (Å²) in [6.45, 7) is 4.51. The summed E-state index contributed by atoms with van der Waals surface area (Å²) in [4.78, 5) is 4.04. The van der Waals surface area contributed by atoms with E-state index in [1.807, 2.05) is 0 Å². The van der Waals surface area contributed by atoms with E-state index in [2.05, 4.69) is 15.0 Å². The third kappa shape index (κ3) is 4.57. The number of hydrogen-bond donors (Lipinski definition) is 2. The fraction of sp³-hybridized carbons (Fsp3) is 0.769. The first-order valence-electron chi connectivity index (χ1n) is 7.12. The van der Waals surface area contributed by atoms with E-state index in [-0.39, 0.29) is 5.75 Å². The molecule has 1 saturated heterocycles. The molecule has 1 aromatic heterocycles. The minimum atomic E-state index is -3.31. The van der Waals surface area contributed by atoms with Crippen LogP contribution >= 0.6 is 0 Å². The van der Waals surface area contributed by atoms with Gasteiger partial charge in [-0.25, -0.2) is 18.1 Å². The van der Waals surface area contributed by atoms with Gasteiger partial charge in [0, 0.05) is 6.04 Å². The zero-order chi connectivity index (χ0) is 14.6. The molecule has 2 N–H and O–H groups in total. The fourth-order valence-corrected chi connectivity index (χ4v) is 3.77. The molecular weight excluding hydrogens is 278 g/mol. The van der Waals surface area contributed by atoms with Gasteiger partial charge in [-0.05, 0) is 39.7 Å². The highest BCUT2D eigenvalue weighted by Gasteiger charge is 2.21. The van der Waals surface area contributed by atoms with Crippen LogP contribution in [0.25, 0.3) is 0 Å². The number of aryl methyl sites for hydroxylation is 1. The minimum Gasteiger partial charge on any atom is -0.444 e. The van der Waals surface area contributed by atoms with Crippen LogP contribution in [0.4, 0.5) is 0 Å². The van der Waals surface area contributed by atoms with Crippen molar-refractivity contribution in [1.29, 1.82) is 0 Å². The molecule has 2 heterocycles. The lowest BCUT2D eigenvalue weighted by atomic mass is 10.0. The van der Waals surface area contributed by atoms with Crippen molar-refractivity contribution in [3.63, 3.8) is 0 Å². The lowest BCUT2D eigenvalue weighted by Crippen LogP contribution is -2.37. The van der Waals surface area contributed by atoms with Gasteiger partial charge in [-0.3, -0.25) is 0 Å². The summed E-state index contributed by atoms with van der Waals surface area (Å²) in [5.41, 5.74) is 0. The van der Waals surface area contributed by atoms with Crippen molar-refractivity contribution in [2.45, 2.75) is 51.6 Å². The average molecular weight is 301 g/mol. The maximum Gasteiger partial charge on any atom is 0.212 e. The topological polar surface area (TPSA) is 84.2 Å². The number of piperidine rings is 1. The van der Waals surface area contributed by atoms with Gasteiger partial charge in [0.25, 0.3) is 0 Å². The van der Waals surface area contributed by atoms with Crippen molar-refractivity contribution in [1.82, 2.24) is 15.0 Å². The SMILES string of the molecule is Cc1cnc(C(C)NS(=O)(=O)CCC2CCCCN2)o1. The van der Waals surface area contributed by atoms with Crippen molar-refractivity contribution in [3.05, 3.63) is 17.8 Å². The second-order valence-corrected chi connectivity index (χ2v) is 7.28. The van der Waals surface area contributed by atoms with Gasteiger partial charge in [-0.1, -0.05) is 6.42 Å². The molecule has 2 unspecified atom stereocenters. The Morgan fingerprint density at radius 2 is 2.35 bits per heavy atom. The zero-order valence-corrected chi connectivity index (χ0v) is 12.9. The summed E-state index contributed by atoms with van der Waals surface area (Å²) >= 11 is 0. The van der Waals surface area contributed by atoms with Crippen LogP contribution in [-0.4, -0.2) is 31.7 Å². The monoisotopic (exact) mass is 301 g/mol. The Kier molecular flexibility index (Phi) is 5.17. The Morgan fingerprint density at radius 1 is 1.55 bits per heavy atom. The van der Waals surface area contributed by atoms with E-state index in [4.69, 9.17) is 4.42 Å². The molecule has 2 atom stereocenters. The van der Waals surface area contributed by atoms with Crippen LogP contribution in [0.2, 0.25) is 0 Å². The Bertz CT molecular complexity index is 521. The van der Waals surface area contributed by atoms with Crippen LogP contribution < -0.4 is 10.0 Å². The lowest BCUT2D eigenvalue weighted by Gasteiger charge is -2.23. The maximum absolute atomic E-state index is 12.1. The molecule has 0 bridgehead atoms. The van der Waals surface area contributed by atoms with Crippen molar-refractivity contribution < 1.29 is 12.8 Å². The van der Waals surface area contributed by atoms with E-state index in [1.54, 1.807) is 20.0 Å². The van der Waals surface area contributed by atoms with E-state index >= 15 is 0 Å². The average Bonchev–Trinajstić information content (AvgIpc) is 2.84. The first kappa shape index (κ1) is 15.5. The smallest absolute Gasteiger partial charge is 0.212 e. The molecule has 1 fully saturated rings. The molecule has 1 aliphatic rings. The molecule has 6 nitrogen and oxygen atoms in total. The summed E-state index contributed by atoms with van der Waals surface area (Å²) in [6, 6.07) is -0.118. The van der Waals surface area contributed by atoms with E-state index in [1.165, 1.54) is 12.8 Å². The molecule has 1 aliphatic heterocycles. The summed E-state index contributed by atoms with van der Waals surface area (Å²) in [5, 5.41) is 3.36. The Balaban J connectivity index is 1.83. The maximum atomic E-state index is 12.1. The van der Waals surface area contributed by atoms with E-state index in [0.717, 1.165) is 13.0 Å². The predicted octanol–water partition coefficient (Wildman–Crippen LogP) is 1.50. The summed E-state index contributed by atoms with van der Waals surface area (Å²) in [5.74, 6) is 1.22. The molecule has 7 heteroatoms. The highest BCUT2D eigenvalue weighted by molar-refractivity contribution is 7.89. The van der Waals surface area contributed by atoms with Gasteiger partial charge in [0.1, 0.15) is 5.76 Å². The summed E-state index contributed by atoms with van der Waals surface area (Å²) < 4.78 is 32.1. The molecule has 0 spiro atoms.